The molecule has 1 aromatic rings. The quantitative estimate of drug-likeness (QED) is 0.836. The van der Waals surface area contributed by atoms with Crippen LogP contribution in [0, 0.1) is 0 Å². The number of methoxy groups -OCH3 is 1. The van der Waals surface area contributed by atoms with Gasteiger partial charge in [-0.3, -0.25) is 0 Å². The molecule has 0 aliphatic heterocycles. The molecule has 1 unspecified atom stereocenters. The molecule has 3 nitrogen and oxygen atoms in total. The molecule has 3 heteroatoms. The number of aliphatic hydroxyl groups is 1. The molecule has 2 rings (SSSR count). The predicted molar refractivity (Wildman–Crippen MR) is 68.5 cm³/mol. The molecule has 0 amide bonds. The summed E-state index contributed by atoms with van der Waals surface area (Å²) in [7, 11) is 3.52. The second-order valence-corrected chi connectivity index (χ2v) is 4.60. The van der Waals surface area contributed by atoms with Crippen LogP contribution in [0.4, 0.5) is 0 Å². The Morgan fingerprint density at radius 1 is 1.35 bits per heavy atom. The van der Waals surface area contributed by atoms with E-state index in [4.69, 9.17) is 4.74 Å². The van der Waals surface area contributed by atoms with Crippen LogP contribution >= 0.6 is 0 Å². The van der Waals surface area contributed by atoms with Gasteiger partial charge in [-0.25, -0.2) is 0 Å². The van der Waals surface area contributed by atoms with Crippen LogP contribution < -0.4 is 10.1 Å². The second kappa shape index (κ2) is 5.52. The maximum Gasteiger partial charge on any atom is 0.125 e. The fourth-order valence-electron chi connectivity index (χ4n) is 2.67. The topological polar surface area (TPSA) is 41.5 Å². The lowest BCUT2D eigenvalue weighted by Crippen LogP contribution is -2.20. The van der Waals surface area contributed by atoms with E-state index in [1.54, 1.807) is 7.11 Å². The van der Waals surface area contributed by atoms with Crippen LogP contribution in [0.15, 0.2) is 12.1 Å². The van der Waals surface area contributed by atoms with Gasteiger partial charge in [0.25, 0.3) is 0 Å². The normalized spacial score (nSPS) is 16.4. The van der Waals surface area contributed by atoms with Crippen LogP contribution in [0.1, 0.15) is 35.6 Å². The van der Waals surface area contributed by atoms with Crippen LogP contribution in [0.5, 0.6) is 5.75 Å². The molecule has 1 aliphatic carbocycles. The molecule has 1 aliphatic rings. The van der Waals surface area contributed by atoms with Crippen molar-refractivity contribution in [2.24, 2.45) is 0 Å². The lowest BCUT2D eigenvalue weighted by atomic mass is 9.86. The molecular formula is C14H21NO2. The van der Waals surface area contributed by atoms with Crippen molar-refractivity contribution in [3.63, 3.8) is 0 Å². The fourth-order valence-corrected chi connectivity index (χ4v) is 2.67. The lowest BCUT2D eigenvalue weighted by molar-refractivity contribution is 0.172. The van der Waals surface area contributed by atoms with Crippen LogP contribution in [0.25, 0.3) is 0 Å². The number of nitrogens with one attached hydrogen (secondary N) is 1. The summed E-state index contributed by atoms with van der Waals surface area (Å²) in [4.78, 5) is 0. The average Bonchev–Trinajstić information content (AvgIpc) is 2.37. The molecule has 0 radical (unpaired) electrons. The summed E-state index contributed by atoms with van der Waals surface area (Å²) in [6, 6.07) is 4.13. The summed E-state index contributed by atoms with van der Waals surface area (Å²) in [5, 5.41) is 13.3. The van der Waals surface area contributed by atoms with E-state index in [0.29, 0.717) is 6.54 Å². The number of fused-ring (bicyclic) bond motifs is 1. The minimum Gasteiger partial charge on any atom is -0.496 e. The van der Waals surface area contributed by atoms with E-state index >= 15 is 0 Å². The van der Waals surface area contributed by atoms with Crippen LogP contribution in [-0.4, -0.2) is 25.8 Å². The highest BCUT2D eigenvalue weighted by Gasteiger charge is 2.21. The average molecular weight is 235 g/mol. The Bertz CT molecular complexity index is 390. The maximum atomic E-state index is 10.2. The molecule has 2 N–H and O–H groups in total. The van der Waals surface area contributed by atoms with Crippen molar-refractivity contribution >= 4 is 0 Å². The van der Waals surface area contributed by atoms with Gasteiger partial charge in [-0.2, -0.15) is 0 Å². The minimum absolute atomic E-state index is 0.483. The van der Waals surface area contributed by atoms with E-state index in [1.165, 1.54) is 24.0 Å². The molecule has 1 aromatic carbocycles. The summed E-state index contributed by atoms with van der Waals surface area (Å²) < 4.78 is 5.39. The van der Waals surface area contributed by atoms with Gasteiger partial charge in [-0.05, 0) is 49.9 Å². The van der Waals surface area contributed by atoms with Gasteiger partial charge in [0.05, 0.1) is 13.2 Å². The highest BCUT2D eigenvalue weighted by molar-refractivity contribution is 5.47. The van der Waals surface area contributed by atoms with Crippen molar-refractivity contribution in [2.45, 2.75) is 31.8 Å². The maximum absolute atomic E-state index is 10.2. The molecule has 0 aromatic heterocycles. The lowest BCUT2D eigenvalue weighted by Gasteiger charge is -2.24. The first-order valence-corrected chi connectivity index (χ1v) is 6.29. The monoisotopic (exact) mass is 235 g/mol. The second-order valence-electron chi connectivity index (χ2n) is 4.60. The molecule has 94 valence electrons. The standard InChI is InChI=1S/C14H21NO2/c1-15-9-12(16)14-11-6-4-3-5-10(11)7-8-13(14)17-2/h7-8,12,15-16H,3-6,9H2,1-2H3. The summed E-state index contributed by atoms with van der Waals surface area (Å²) in [5.74, 6) is 0.813. The molecule has 0 saturated carbocycles. The molecule has 0 bridgehead atoms. The van der Waals surface area contributed by atoms with Crippen molar-refractivity contribution in [2.75, 3.05) is 20.7 Å². The predicted octanol–water partition coefficient (Wildman–Crippen LogP) is 1.83. The van der Waals surface area contributed by atoms with E-state index in [2.05, 4.69) is 11.4 Å². The third-order valence-electron chi connectivity index (χ3n) is 3.49. The van der Waals surface area contributed by atoms with Crippen molar-refractivity contribution in [3.05, 3.63) is 28.8 Å². The molecule has 0 heterocycles. The first-order valence-electron chi connectivity index (χ1n) is 6.29. The molecule has 17 heavy (non-hydrogen) atoms. The summed E-state index contributed by atoms with van der Waals surface area (Å²) in [5.41, 5.74) is 3.67. The van der Waals surface area contributed by atoms with Crippen LogP contribution in [0.2, 0.25) is 0 Å². The highest BCUT2D eigenvalue weighted by Crippen LogP contribution is 2.35. The molecule has 1 atom stereocenters. The zero-order valence-electron chi connectivity index (χ0n) is 10.6. The zero-order chi connectivity index (χ0) is 12.3. The number of benzene rings is 1. The SMILES string of the molecule is CNCC(O)c1c(OC)ccc2c1CCCC2. The van der Waals surface area contributed by atoms with Gasteiger partial charge < -0.3 is 15.2 Å². The van der Waals surface area contributed by atoms with E-state index in [0.717, 1.165) is 24.2 Å². The first-order chi connectivity index (χ1) is 8.27. The van der Waals surface area contributed by atoms with Gasteiger partial charge in [-0.15, -0.1) is 0 Å². The molecular weight excluding hydrogens is 214 g/mol. The number of likely N-dealkylation sites (N-methyl/N-ethyl adjacent to an activating group) is 1. The number of aliphatic hydroxyl groups excluding tert-OH is 1. The Labute approximate surface area is 103 Å². The molecule has 0 saturated heterocycles. The Balaban J connectivity index is 2.44. The smallest absolute Gasteiger partial charge is 0.125 e. The van der Waals surface area contributed by atoms with Gasteiger partial charge in [0.2, 0.25) is 0 Å². The number of hydrogen-bond donors (Lipinski definition) is 2. The highest BCUT2D eigenvalue weighted by atomic mass is 16.5. The van der Waals surface area contributed by atoms with Gasteiger partial charge in [0.1, 0.15) is 5.75 Å². The number of rotatable bonds is 4. The van der Waals surface area contributed by atoms with Gasteiger partial charge in [0, 0.05) is 12.1 Å². The summed E-state index contributed by atoms with van der Waals surface area (Å²) >= 11 is 0. The fraction of sp³-hybridized carbons (Fsp3) is 0.571. The molecule has 0 fully saturated rings. The zero-order valence-corrected chi connectivity index (χ0v) is 10.6. The van der Waals surface area contributed by atoms with Gasteiger partial charge >= 0.3 is 0 Å². The van der Waals surface area contributed by atoms with E-state index in [1.807, 2.05) is 13.1 Å². The van der Waals surface area contributed by atoms with Gasteiger partial charge in [0.15, 0.2) is 0 Å². The summed E-state index contributed by atoms with van der Waals surface area (Å²) in [6.45, 7) is 0.562. The largest absolute Gasteiger partial charge is 0.496 e. The van der Waals surface area contributed by atoms with E-state index in [-0.39, 0.29) is 0 Å². The van der Waals surface area contributed by atoms with E-state index in [9.17, 15) is 5.11 Å². The van der Waals surface area contributed by atoms with Crippen LogP contribution in [0.3, 0.4) is 0 Å². The Kier molecular flexibility index (Phi) is 4.02. The first kappa shape index (κ1) is 12.4. The van der Waals surface area contributed by atoms with Crippen molar-refractivity contribution in [1.82, 2.24) is 5.32 Å². The van der Waals surface area contributed by atoms with Crippen molar-refractivity contribution in [3.8, 4) is 5.75 Å². The Hall–Kier alpha value is -1.06. The van der Waals surface area contributed by atoms with Crippen LogP contribution in [-0.2, 0) is 12.8 Å². The minimum atomic E-state index is -0.483. The third-order valence-corrected chi connectivity index (χ3v) is 3.49. The Morgan fingerprint density at radius 3 is 2.82 bits per heavy atom. The van der Waals surface area contributed by atoms with Crippen molar-refractivity contribution < 1.29 is 9.84 Å². The third kappa shape index (κ3) is 2.45. The Morgan fingerprint density at radius 2 is 2.12 bits per heavy atom. The summed E-state index contributed by atoms with van der Waals surface area (Å²) in [6.07, 6.45) is 4.16. The van der Waals surface area contributed by atoms with Crippen molar-refractivity contribution in [1.29, 1.82) is 0 Å². The molecule has 0 spiro atoms. The van der Waals surface area contributed by atoms with E-state index < -0.39 is 6.10 Å². The number of ether oxygens (including phenoxy) is 1. The number of hydrogen-bond acceptors (Lipinski definition) is 3. The number of aryl methyl sites for hydroxylation is 1. The van der Waals surface area contributed by atoms with Gasteiger partial charge in [-0.1, -0.05) is 6.07 Å².